The van der Waals surface area contributed by atoms with Gasteiger partial charge in [-0.2, -0.15) is 0 Å². The monoisotopic (exact) mass is 355 g/mol. The number of nitro groups is 1. The number of benzene rings is 1. The Balaban J connectivity index is 1.81. The molecule has 0 atom stereocenters. The molecule has 0 spiro atoms. The number of aromatic nitrogens is 2. The number of hydrogen-bond acceptors (Lipinski definition) is 7. The Labute approximate surface area is 148 Å². The number of para-hydroxylation sites is 1. The van der Waals surface area contributed by atoms with Crippen molar-refractivity contribution in [2.75, 3.05) is 17.2 Å². The molecule has 128 valence electrons. The van der Waals surface area contributed by atoms with Gasteiger partial charge in [-0.15, -0.1) is 11.3 Å². The lowest BCUT2D eigenvalue weighted by molar-refractivity contribution is -0.383. The highest BCUT2D eigenvalue weighted by Gasteiger charge is 2.23. The molecular formula is C17H17N5O2S. The molecule has 0 fully saturated rings. The molecular weight excluding hydrogens is 338 g/mol. The topological polar surface area (TPSA) is 93.0 Å². The minimum atomic E-state index is -0.464. The molecule has 0 aliphatic rings. The predicted octanol–water partition coefficient (Wildman–Crippen LogP) is 4.15. The van der Waals surface area contributed by atoms with Crippen LogP contribution in [0.1, 0.15) is 10.4 Å². The first-order chi connectivity index (χ1) is 12.1. The van der Waals surface area contributed by atoms with Gasteiger partial charge in [-0.05, 0) is 36.4 Å². The quantitative estimate of drug-likeness (QED) is 0.488. The molecule has 2 heterocycles. The van der Waals surface area contributed by atoms with E-state index in [2.05, 4.69) is 20.6 Å². The second kappa shape index (κ2) is 7.71. The van der Waals surface area contributed by atoms with Crippen molar-refractivity contribution in [3.8, 4) is 0 Å². The van der Waals surface area contributed by atoms with Crippen LogP contribution in [0.4, 0.5) is 23.0 Å². The number of nitrogens with one attached hydrogen (secondary N) is 2. The summed E-state index contributed by atoms with van der Waals surface area (Å²) >= 11 is 1.66. The molecule has 0 bridgehead atoms. The highest BCUT2D eigenvalue weighted by molar-refractivity contribution is 7.09. The van der Waals surface area contributed by atoms with Crippen LogP contribution < -0.4 is 10.6 Å². The summed E-state index contributed by atoms with van der Waals surface area (Å²) in [4.78, 5) is 20.4. The third-order valence-electron chi connectivity index (χ3n) is 3.65. The highest BCUT2D eigenvalue weighted by Crippen LogP contribution is 2.31. The lowest BCUT2D eigenvalue weighted by Crippen LogP contribution is -2.10. The second-order valence-corrected chi connectivity index (χ2v) is 6.40. The molecule has 0 aliphatic heterocycles. The van der Waals surface area contributed by atoms with Gasteiger partial charge in [-0.25, -0.2) is 9.97 Å². The lowest BCUT2D eigenvalue weighted by atomic mass is 10.2. The maximum atomic E-state index is 11.6. The third kappa shape index (κ3) is 4.10. The van der Waals surface area contributed by atoms with Crippen LogP contribution in [0.3, 0.4) is 0 Å². The van der Waals surface area contributed by atoms with Crippen molar-refractivity contribution in [1.29, 1.82) is 0 Å². The van der Waals surface area contributed by atoms with Crippen molar-refractivity contribution in [2.24, 2.45) is 0 Å². The zero-order chi connectivity index (χ0) is 17.6. The number of rotatable bonds is 7. The van der Waals surface area contributed by atoms with Gasteiger partial charge < -0.3 is 10.6 Å². The fourth-order valence-corrected chi connectivity index (χ4v) is 3.08. The SMILES string of the molecule is Cc1ccccc1Nc1ncnc(NCCc2cccs2)c1[N+](=O)[O-]. The van der Waals surface area contributed by atoms with E-state index in [1.165, 1.54) is 11.2 Å². The Morgan fingerprint density at radius 3 is 2.68 bits per heavy atom. The molecule has 0 saturated carbocycles. The standard InChI is InChI=1S/C17H17N5O2S/c1-12-5-2-3-7-14(12)21-17-15(22(23)24)16(19-11-20-17)18-9-8-13-6-4-10-25-13/h2-7,10-11H,8-9H2,1H3,(H2,18,19,20,21). The van der Waals surface area contributed by atoms with Crippen molar-refractivity contribution in [3.63, 3.8) is 0 Å². The molecule has 25 heavy (non-hydrogen) atoms. The Kier molecular flexibility index (Phi) is 5.20. The Morgan fingerprint density at radius 2 is 1.96 bits per heavy atom. The van der Waals surface area contributed by atoms with E-state index < -0.39 is 4.92 Å². The molecule has 0 radical (unpaired) electrons. The Bertz CT molecular complexity index is 867. The van der Waals surface area contributed by atoms with Gasteiger partial charge in [0.25, 0.3) is 0 Å². The maximum Gasteiger partial charge on any atom is 0.353 e. The molecule has 8 heteroatoms. The number of nitrogens with zero attached hydrogens (tertiary/aromatic N) is 3. The number of anilines is 3. The van der Waals surface area contributed by atoms with Crippen LogP contribution in [0.5, 0.6) is 0 Å². The number of thiophene rings is 1. The molecule has 0 aliphatic carbocycles. The first kappa shape index (κ1) is 16.8. The van der Waals surface area contributed by atoms with Crippen LogP contribution in [0.15, 0.2) is 48.1 Å². The molecule has 3 rings (SSSR count). The van der Waals surface area contributed by atoms with Gasteiger partial charge in [0.05, 0.1) is 4.92 Å². The average molecular weight is 355 g/mol. The fraction of sp³-hybridized carbons (Fsp3) is 0.176. The first-order valence-corrected chi connectivity index (χ1v) is 8.61. The van der Waals surface area contributed by atoms with Crippen LogP contribution in [0.2, 0.25) is 0 Å². The summed E-state index contributed by atoms with van der Waals surface area (Å²) in [6, 6.07) is 11.6. The molecule has 2 aromatic heterocycles. The normalized spacial score (nSPS) is 10.4. The first-order valence-electron chi connectivity index (χ1n) is 7.73. The van der Waals surface area contributed by atoms with E-state index in [9.17, 15) is 10.1 Å². The van der Waals surface area contributed by atoms with E-state index in [4.69, 9.17) is 0 Å². The fourth-order valence-electron chi connectivity index (χ4n) is 2.37. The minimum absolute atomic E-state index is 0.156. The van der Waals surface area contributed by atoms with Crippen molar-refractivity contribution < 1.29 is 4.92 Å². The van der Waals surface area contributed by atoms with Gasteiger partial charge in [-0.3, -0.25) is 10.1 Å². The summed E-state index contributed by atoms with van der Waals surface area (Å²) in [7, 11) is 0. The Hall–Kier alpha value is -3.00. The second-order valence-electron chi connectivity index (χ2n) is 5.37. The molecule has 3 aromatic rings. The van der Waals surface area contributed by atoms with E-state index in [0.717, 1.165) is 17.7 Å². The zero-order valence-electron chi connectivity index (χ0n) is 13.6. The molecule has 1 aromatic carbocycles. The summed E-state index contributed by atoms with van der Waals surface area (Å²) in [6.07, 6.45) is 2.10. The van der Waals surface area contributed by atoms with Gasteiger partial charge in [0.2, 0.25) is 11.6 Å². The summed E-state index contributed by atoms with van der Waals surface area (Å²) in [5, 5.41) is 19.6. The van der Waals surface area contributed by atoms with Crippen molar-refractivity contribution >= 4 is 34.3 Å². The van der Waals surface area contributed by atoms with E-state index in [-0.39, 0.29) is 17.3 Å². The lowest BCUT2D eigenvalue weighted by Gasteiger charge is -2.11. The summed E-state index contributed by atoms with van der Waals surface area (Å²) in [5.74, 6) is 0.389. The Morgan fingerprint density at radius 1 is 1.16 bits per heavy atom. The molecule has 0 saturated heterocycles. The van der Waals surface area contributed by atoms with Crippen molar-refractivity contribution in [2.45, 2.75) is 13.3 Å². The van der Waals surface area contributed by atoms with Crippen LogP contribution >= 0.6 is 11.3 Å². The molecule has 7 nitrogen and oxygen atoms in total. The maximum absolute atomic E-state index is 11.6. The third-order valence-corrected chi connectivity index (χ3v) is 4.58. The summed E-state index contributed by atoms with van der Waals surface area (Å²) < 4.78 is 0. The van der Waals surface area contributed by atoms with Crippen molar-refractivity contribution in [3.05, 3.63) is 68.7 Å². The van der Waals surface area contributed by atoms with Crippen LogP contribution in [0.25, 0.3) is 0 Å². The van der Waals surface area contributed by atoms with E-state index in [0.29, 0.717) is 6.54 Å². The van der Waals surface area contributed by atoms with Crippen LogP contribution in [-0.2, 0) is 6.42 Å². The highest BCUT2D eigenvalue weighted by atomic mass is 32.1. The predicted molar refractivity (Wildman–Crippen MR) is 99.7 cm³/mol. The zero-order valence-corrected chi connectivity index (χ0v) is 14.4. The molecule has 2 N–H and O–H groups in total. The van der Waals surface area contributed by atoms with E-state index in [1.807, 2.05) is 48.7 Å². The summed E-state index contributed by atoms with van der Waals surface area (Å²) in [6.45, 7) is 2.48. The van der Waals surface area contributed by atoms with Crippen LogP contribution in [0, 0.1) is 17.0 Å². The molecule has 0 amide bonds. The number of hydrogen-bond donors (Lipinski definition) is 2. The van der Waals surface area contributed by atoms with Crippen LogP contribution in [-0.4, -0.2) is 21.4 Å². The van der Waals surface area contributed by atoms with Crippen molar-refractivity contribution in [1.82, 2.24) is 9.97 Å². The minimum Gasteiger partial charge on any atom is -0.364 e. The largest absolute Gasteiger partial charge is 0.364 e. The molecule has 0 unspecified atom stereocenters. The van der Waals surface area contributed by atoms with E-state index >= 15 is 0 Å². The van der Waals surface area contributed by atoms with Gasteiger partial charge in [0, 0.05) is 17.1 Å². The van der Waals surface area contributed by atoms with Gasteiger partial charge in [-0.1, -0.05) is 24.3 Å². The smallest absolute Gasteiger partial charge is 0.353 e. The van der Waals surface area contributed by atoms with Gasteiger partial charge in [0.15, 0.2) is 0 Å². The van der Waals surface area contributed by atoms with Gasteiger partial charge >= 0.3 is 5.69 Å². The van der Waals surface area contributed by atoms with Gasteiger partial charge in [0.1, 0.15) is 6.33 Å². The van der Waals surface area contributed by atoms with E-state index in [1.54, 1.807) is 11.3 Å². The number of aryl methyl sites for hydroxylation is 1. The average Bonchev–Trinajstić information content (AvgIpc) is 3.10. The summed E-state index contributed by atoms with van der Waals surface area (Å²) in [5.41, 5.74) is 1.59.